The number of para-hydroxylation sites is 1. The second kappa shape index (κ2) is 5.00. The molecule has 3 nitrogen and oxygen atoms in total. The largest absolute Gasteiger partial charge is 0.491 e. The van der Waals surface area contributed by atoms with Gasteiger partial charge in [0.25, 0.3) is 0 Å². The molecule has 1 heterocycles. The lowest BCUT2D eigenvalue weighted by Gasteiger charge is -2.07. The number of H-pyrrole nitrogens is 1. The van der Waals surface area contributed by atoms with Crippen LogP contribution in [0.4, 0.5) is 0 Å². The number of benzene rings is 1. The van der Waals surface area contributed by atoms with E-state index in [1.165, 1.54) is 6.42 Å². The van der Waals surface area contributed by atoms with Gasteiger partial charge in [0.15, 0.2) is 4.77 Å². The highest BCUT2D eigenvalue weighted by Gasteiger charge is 2.33. The van der Waals surface area contributed by atoms with Crippen LogP contribution in [0.5, 0.6) is 5.75 Å². The van der Waals surface area contributed by atoms with Crippen molar-refractivity contribution in [2.24, 2.45) is 11.8 Å². The van der Waals surface area contributed by atoms with Gasteiger partial charge in [-0.15, -0.1) is 0 Å². The van der Waals surface area contributed by atoms with E-state index in [-0.39, 0.29) is 0 Å². The minimum absolute atomic E-state index is 0.741. The first-order chi connectivity index (χ1) is 9.20. The first-order valence-electron chi connectivity index (χ1n) is 7.05. The Hall–Kier alpha value is -1.29. The maximum Gasteiger partial charge on any atom is 0.178 e. The van der Waals surface area contributed by atoms with E-state index in [2.05, 4.69) is 29.5 Å². The molecular formula is C15H20N2OS. The molecule has 0 spiro atoms. The average molecular weight is 276 g/mol. The van der Waals surface area contributed by atoms with E-state index < -0.39 is 0 Å². The molecule has 1 N–H and O–H groups in total. The van der Waals surface area contributed by atoms with Crippen molar-refractivity contribution >= 4 is 23.3 Å². The van der Waals surface area contributed by atoms with Gasteiger partial charge in [0.1, 0.15) is 11.3 Å². The quantitative estimate of drug-likeness (QED) is 0.832. The molecule has 1 saturated carbocycles. The number of ether oxygens (including phenoxy) is 1. The Morgan fingerprint density at radius 3 is 2.95 bits per heavy atom. The van der Waals surface area contributed by atoms with E-state index >= 15 is 0 Å². The monoisotopic (exact) mass is 276 g/mol. The number of nitrogens with one attached hydrogen (secondary N) is 1. The summed E-state index contributed by atoms with van der Waals surface area (Å²) in [6.07, 6.45) is 2.33. The molecule has 1 aliphatic rings. The number of imidazole rings is 1. The number of aromatic nitrogens is 2. The molecule has 1 aromatic carbocycles. The molecule has 0 aliphatic heterocycles. The molecule has 3 rings (SSSR count). The second-order valence-electron chi connectivity index (χ2n) is 5.51. The van der Waals surface area contributed by atoms with Gasteiger partial charge in [-0.25, -0.2) is 0 Å². The van der Waals surface area contributed by atoms with Gasteiger partial charge in [0.2, 0.25) is 0 Å². The first-order valence-corrected chi connectivity index (χ1v) is 7.46. The lowest BCUT2D eigenvalue weighted by Crippen LogP contribution is -2.00. The van der Waals surface area contributed by atoms with Crippen LogP contribution in [0, 0.1) is 16.6 Å². The Morgan fingerprint density at radius 2 is 2.26 bits per heavy atom. The van der Waals surface area contributed by atoms with Gasteiger partial charge in [0, 0.05) is 6.54 Å². The van der Waals surface area contributed by atoms with Crippen LogP contribution >= 0.6 is 12.2 Å². The van der Waals surface area contributed by atoms with Crippen LogP contribution in [0.25, 0.3) is 11.0 Å². The zero-order valence-electron chi connectivity index (χ0n) is 11.5. The zero-order chi connectivity index (χ0) is 13.4. The molecule has 2 aromatic rings. The molecule has 19 heavy (non-hydrogen) atoms. The Balaban J connectivity index is 1.99. The fourth-order valence-electron chi connectivity index (χ4n) is 2.56. The summed E-state index contributed by atoms with van der Waals surface area (Å²) in [5.41, 5.74) is 2.20. The lowest BCUT2D eigenvalue weighted by molar-refractivity contribution is 0.320. The molecular weight excluding hydrogens is 256 g/mol. The van der Waals surface area contributed by atoms with Gasteiger partial charge in [-0.05, 0) is 49.0 Å². The number of fused-ring (bicyclic) bond motifs is 1. The van der Waals surface area contributed by atoms with Crippen molar-refractivity contribution in [1.82, 2.24) is 9.55 Å². The van der Waals surface area contributed by atoms with Crippen LogP contribution in [-0.4, -0.2) is 16.2 Å². The van der Waals surface area contributed by atoms with E-state index in [0.717, 1.165) is 53.0 Å². The average Bonchev–Trinajstić information content (AvgIpc) is 3.00. The van der Waals surface area contributed by atoms with Crippen LogP contribution in [0.15, 0.2) is 18.2 Å². The fourth-order valence-corrected chi connectivity index (χ4v) is 2.83. The standard InChI is InChI=1S/C15H20N2OS/c1-3-7-18-13-6-4-5-12-14(13)16-15(19)17(12)9-11-8-10(11)2/h4-6,10-11H,3,7-9H2,1-2H3,(H,16,19). The number of rotatable bonds is 5. The summed E-state index contributed by atoms with van der Waals surface area (Å²) in [6, 6.07) is 6.17. The third-order valence-corrected chi connectivity index (χ3v) is 4.25. The predicted octanol–water partition coefficient (Wildman–Crippen LogP) is 4.14. The molecule has 0 radical (unpaired) electrons. The molecule has 4 heteroatoms. The SMILES string of the molecule is CCCOc1cccc2c1[nH]c(=S)n2CC1CC1C. The Bertz CT molecular complexity index is 643. The van der Waals surface area contributed by atoms with E-state index in [9.17, 15) is 0 Å². The minimum atomic E-state index is 0.741. The molecule has 1 fully saturated rings. The van der Waals surface area contributed by atoms with Crippen molar-refractivity contribution in [2.75, 3.05) is 6.61 Å². The van der Waals surface area contributed by atoms with Gasteiger partial charge >= 0.3 is 0 Å². The highest BCUT2D eigenvalue weighted by molar-refractivity contribution is 7.71. The van der Waals surface area contributed by atoms with Crippen LogP contribution in [0.1, 0.15) is 26.7 Å². The minimum Gasteiger partial charge on any atom is -0.491 e. The number of hydrogen-bond acceptors (Lipinski definition) is 2. The molecule has 0 amide bonds. The van der Waals surface area contributed by atoms with Gasteiger partial charge in [-0.2, -0.15) is 0 Å². The van der Waals surface area contributed by atoms with Gasteiger partial charge in [-0.1, -0.05) is 19.9 Å². The van der Waals surface area contributed by atoms with Crippen LogP contribution in [0.2, 0.25) is 0 Å². The van der Waals surface area contributed by atoms with Crippen molar-refractivity contribution in [1.29, 1.82) is 0 Å². The van der Waals surface area contributed by atoms with Crippen LogP contribution < -0.4 is 4.74 Å². The van der Waals surface area contributed by atoms with Crippen LogP contribution in [0.3, 0.4) is 0 Å². The van der Waals surface area contributed by atoms with Crippen molar-refractivity contribution in [3.8, 4) is 5.75 Å². The smallest absolute Gasteiger partial charge is 0.178 e. The van der Waals surface area contributed by atoms with E-state index in [0.29, 0.717) is 0 Å². The molecule has 1 aromatic heterocycles. The van der Waals surface area contributed by atoms with E-state index in [1.54, 1.807) is 0 Å². The van der Waals surface area contributed by atoms with E-state index in [4.69, 9.17) is 17.0 Å². The van der Waals surface area contributed by atoms with Crippen molar-refractivity contribution in [2.45, 2.75) is 33.2 Å². The summed E-state index contributed by atoms with van der Waals surface area (Å²) in [4.78, 5) is 3.31. The Kier molecular flexibility index (Phi) is 3.35. The molecule has 0 bridgehead atoms. The topological polar surface area (TPSA) is 29.9 Å². The molecule has 2 unspecified atom stereocenters. The highest BCUT2D eigenvalue weighted by atomic mass is 32.1. The maximum atomic E-state index is 5.79. The van der Waals surface area contributed by atoms with Crippen molar-refractivity contribution in [3.63, 3.8) is 0 Å². The maximum absolute atomic E-state index is 5.79. The summed E-state index contributed by atoms with van der Waals surface area (Å²) >= 11 is 5.46. The number of hydrogen-bond donors (Lipinski definition) is 1. The van der Waals surface area contributed by atoms with Crippen molar-refractivity contribution < 1.29 is 4.74 Å². The molecule has 2 atom stereocenters. The lowest BCUT2D eigenvalue weighted by atomic mass is 10.2. The Morgan fingerprint density at radius 1 is 1.47 bits per heavy atom. The van der Waals surface area contributed by atoms with Crippen molar-refractivity contribution in [3.05, 3.63) is 23.0 Å². The van der Waals surface area contributed by atoms with Crippen LogP contribution in [-0.2, 0) is 6.54 Å². The zero-order valence-corrected chi connectivity index (χ0v) is 12.3. The summed E-state index contributed by atoms with van der Waals surface area (Å²) in [5.74, 6) is 2.53. The molecule has 1 aliphatic carbocycles. The fraction of sp³-hybridized carbons (Fsp3) is 0.533. The Labute approximate surface area is 118 Å². The van der Waals surface area contributed by atoms with Gasteiger partial charge in [-0.3, -0.25) is 0 Å². The molecule has 0 saturated heterocycles. The molecule has 102 valence electrons. The summed E-state index contributed by atoms with van der Waals surface area (Å²) in [6.45, 7) is 6.18. The second-order valence-corrected chi connectivity index (χ2v) is 5.90. The summed E-state index contributed by atoms with van der Waals surface area (Å²) in [5, 5.41) is 0. The number of nitrogens with zero attached hydrogens (tertiary/aromatic N) is 1. The normalized spacial score (nSPS) is 21.8. The van der Waals surface area contributed by atoms with Gasteiger partial charge in [0.05, 0.1) is 12.1 Å². The predicted molar refractivity (Wildman–Crippen MR) is 80.2 cm³/mol. The highest BCUT2D eigenvalue weighted by Crippen LogP contribution is 2.40. The van der Waals surface area contributed by atoms with E-state index in [1.807, 2.05) is 12.1 Å². The van der Waals surface area contributed by atoms with Gasteiger partial charge < -0.3 is 14.3 Å². The third-order valence-electron chi connectivity index (χ3n) is 3.93. The summed E-state index contributed by atoms with van der Waals surface area (Å²) < 4.78 is 8.81. The third kappa shape index (κ3) is 2.41. The first kappa shape index (κ1) is 12.7. The number of aromatic amines is 1. The summed E-state index contributed by atoms with van der Waals surface area (Å²) in [7, 11) is 0.